The molecule has 0 aliphatic heterocycles. The predicted molar refractivity (Wildman–Crippen MR) is 120 cm³/mol. The van der Waals surface area contributed by atoms with Crippen LogP contribution in [0, 0.1) is 20.8 Å². The molecular weight excluding hydrogens is 404 g/mol. The van der Waals surface area contributed by atoms with Gasteiger partial charge in [0.25, 0.3) is 11.8 Å². The Kier molecular flexibility index (Phi) is 4.74. The van der Waals surface area contributed by atoms with Gasteiger partial charge in [-0.2, -0.15) is 4.98 Å². The van der Waals surface area contributed by atoms with Crippen molar-refractivity contribution < 1.29 is 9.32 Å². The van der Waals surface area contributed by atoms with Crippen molar-refractivity contribution in [1.29, 1.82) is 0 Å². The number of nitrogens with zero attached hydrogens (tertiary/aromatic N) is 5. The number of aryl methyl sites for hydroxylation is 3. The molecule has 0 fully saturated rings. The van der Waals surface area contributed by atoms with E-state index in [9.17, 15) is 4.79 Å². The molecule has 1 N–H and O–H groups in total. The van der Waals surface area contributed by atoms with Crippen molar-refractivity contribution in [2.24, 2.45) is 0 Å². The minimum atomic E-state index is -0.251. The fourth-order valence-corrected chi connectivity index (χ4v) is 3.43. The highest BCUT2D eigenvalue weighted by molar-refractivity contribution is 6.04. The number of nitrogens with one attached hydrogen (secondary N) is 1. The molecule has 5 rings (SSSR count). The number of carbonyl (C=O) groups excluding carboxylic acids is 1. The summed E-state index contributed by atoms with van der Waals surface area (Å²) in [5.41, 5.74) is 6.23. The SMILES string of the molecule is Cc1ccnc(-c2nc(-c3ccc(C)c(NC(=O)c4cnc5cc(C)ccn45)c3)no2)c1. The lowest BCUT2D eigenvalue weighted by atomic mass is 10.1. The smallest absolute Gasteiger partial charge is 0.276 e. The quantitative estimate of drug-likeness (QED) is 0.452. The Morgan fingerprint density at radius 3 is 2.69 bits per heavy atom. The molecule has 8 heteroatoms. The summed E-state index contributed by atoms with van der Waals surface area (Å²) in [6.07, 6.45) is 5.12. The highest BCUT2D eigenvalue weighted by Gasteiger charge is 2.16. The Labute approximate surface area is 184 Å². The van der Waals surface area contributed by atoms with Gasteiger partial charge in [0, 0.05) is 23.6 Å². The Morgan fingerprint density at radius 1 is 1.00 bits per heavy atom. The van der Waals surface area contributed by atoms with Crippen LogP contribution < -0.4 is 5.32 Å². The highest BCUT2D eigenvalue weighted by atomic mass is 16.5. The monoisotopic (exact) mass is 424 g/mol. The summed E-state index contributed by atoms with van der Waals surface area (Å²) in [6, 6.07) is 13.3. The standard InChI is InChI=1S/C24H20N6O2/c1-14-6-8-25-19(10-14)24-28-22(29-32-24)17-5-4-16(3)18(12-17)27-23(31)20-13-26-21-11-15(2)7-9-30(20)21/h4-13H,1-3H3,(H,27,31). The summed E-state index contributed by atoms with van der Waals surface area (Å²) in [5, 5.41) is 7.07. The average Bonchev–Trinajstić information content (AvgIpc) is 3.42. The number of carbonyl (C=O) groups is 1. The number of rotatable bonds is 4. The molecule has 158 valence electrons. The normalized spacial score (nSPS) is 11.1. The van der Waals surface area contributed by atoms with Crippen LogP contribution in [0.1, 0.15) is 27.2 Å². The number of benzene rings is 1. The molecule has 0 saturated heterocycles. The largest absolute Gasteiger partial charge is 0.332 e. The maximum absolute atomic E-state index is 13.0. The Bertz CT molecular complexity index is 1470. The molecule has 1 amide bonds. The molecule has 0 aliphatic rings. The summed E-state index contributed by atoms with van der Waals surface area (Å²) in [6.45, 7) is 5.89. The van der Waals surface area contributed by atoms with Gasteiger partial charge in [-0.05, 0) is 67.8 Å². The van der Waals surface area contributed by atoms with Gasteiger partial charge in [-0.1, -0.05) is 17.3 Å². The van der Waals surface area contributed by atoms with Gasteiger partial charge in [0.15, 0.2) is 0 Å². The predicted octanol–water partition coefficient (Wildman–Crippen LogP) is 4.62. The van der Waals surface area contributed by atoms with Crippen molar-refractivity contribution >= 4 is 17.2 Å². The average molecular weight is 424 g/mol. The second-order valence-corrected chi connectivity index (χ2v) is 7.70. The minimum Gasteiger partial charge on any atom is -0.332 e. The van der Waals surface area contributed by atoms with E-state index in [1.165, 1.54) is 0 Å². The fraction of sp³-hybridized carbons (Fsp3) is 0.125. The Morgan fingerprint density at radius 2 is 1.84 bits per heavy atom. The molecule has 4 aromatic heterocycles. The maximum Gasteiger partial charge on any atom is 0.276 e. The molecule has 0 atom stereocenters. The number of pyridine rings is 2. The van der Waals surface area contributed by atoms with E-state index in [4.69, 9.17) is 4.52 Å². The third-order valence-corrected chi connectivity index (χ3v) is 5.21. The zero-order valence-electron chi connectivity index (χ0n) is 17.8. The van der Waals surface area contributed by atoms with Gasteiger partial charge in [-0.15, -0.1) is 0 Å². The molecule has 32 heavy (non-hydrogen) atoms. The van der Waals surface area contributed by atoms with Crippen LogP contribution >= 0.6 is 0 Å². The van der Waals surface area contributed by atoms with E-state index >= 15 is 0 Å². The minimum absolute atomic E-state index is 0.251. The first-order valence-electron chi connectivity index (χ1n) is 10.1. The van der Waals surface area contributed by atoms with Crippen molar-refractivity contribution in [2.45, 2.75) is 20.8 Å². The van der Waals surface area contributed by atoms with E-state index in [2.05, 4.69) is 25.4 Å². The number of hydrogen-bond acceptors (Lipinski definition) is 6. The van der Waals surface area contributed by atoms with Crippen LogP contribution in [0.25, 0.3) is 28.6 Å². The molecular formula is C24H20N6O2. The molecule has 1 aromatic carbocycles. The molecule has 0 aliphatic carbocycles. The van der Waals surface area contributed by atoms with Gasteiger partial charge in [-0.3, -0.25) is 14.2 Å². The van der Waals surface area contributed by atoms with Crippen molar-refractivity contribution in [2.75, 3.05) is 5.32 Å². The molecule has 0 spiro atoms. The van der Waals surface area contributed by atoms with Crippen molar-refractivity contribution in [3.05, 3.63) is 83.4 Å². The van der Waals surface area contributed by atoms with Gasteiger partial charge in [0.05, 0.1) is 6.20 Å². The third kappa shape index (κ3) is 3.62. The molecule has 4 heterocycles. The van der Waals surface area contributed by atoms with E-state index in [-0.39, 0.29) is 5.91 Å². The number of hydrogen-bond donors (Lipinski definition) is 1. The van der Waals surface area contributed by atoms with E-state index < -0.39 is 0 Å². The van der Waals surface area contributed by atoms with Crippen LogP contribution in [-0.4, -0.2) is 30.4 Å². The summed E-state index contributed by atoms with van der Waals surface area (Å²) in [7, 11) is 0. The zero-order valence-corrected chi connectivity index (χ0v) is 17.8. The van der Waals surface area contributed by atoms with Crippen LogP contribution in [0.4, 0.5) is 5.69 Å². The first-order valence-corrected chi connectivity index (χ1v) is 10.1. The van der Waals surface area contributed by atoms with Crippen LogP contribution in [0.3, 0.4) is 0 Å². The molecule has 0 radical (unpaired) electrons. The van der Waals surface area contributed by atoms with Gasteiger partial charge >= 0.3 is 0 Å². The van der Waals surface area contributed by atoms with Crippen LogP contribution in [0.5, 0.6) is 0 Å². The second-order valence-electron chi connectivity index (χ2n) is 7.70. The fourth-order valence-electron chi connectivity index (χ4n) is 3.43. The van der Waals surface area contributed by atoms with Crippen molar-refractivity contribution in [1.82, 2.24) is 24.5 Å². The lowest BCUT2D eigenvalue weighted by molar-refractivity contribution is 0.102. The van der Waals surface area contributed by atoms with Gasteiger partial charge in [0.2, 0.25) is 5.82 Å². The first-order chi connectivity index (χ1) is 15.5. The summed E-state index contributed by atoms with van der Waals surface area (Å²) in [4.78, 5) is 26.1. The number of aromatic nitrogens is 5. The molecule has 0 unspecified atom stereocenters. The lowest BCUT2D eigenvalue weighted by Crippen LogP contribution is -2.15. The summed E-state index contributed by atoms with van der Waals surface area (Å²) < 4.78 is 7.17. The van der Waals surface area contributed by atoms with Gasteiger partial charge in [-0.25, -0.2) is 4.98 Å². The Balaban J connectivity index is 1.43. The first kappa shape index (κ1) is 19.6. The van der Waals surface area contributed by atoms with Gasteiger partial charge in [0.1, 0.15) is 17.0 Å². The molecule has 0 bridgehead atoms. The number of amides is 1. The number of anilines is 1. The topological polar surface area (TPSA) is 98.2 Å². The van der Waals surface area contributed by atoms with E-state index in [0.29, 0.717) is 28.8 Å². The highest BCUT2D eigenvalue weighted by Crippen LogP contribution is 2.26. The molecule has 8 nitrogen and oxygen atoms in total. The molecule has 0 saturated carbocycles. The third-order valence-electron chi connectivity index (χ3n) is 5.21. The number of imidazole rings is 1. The second kappa shape index (κ2) is 7.73. The van der Waals surface area contributed by atoms with E-state index in [1.807, 2.05) is 69.4 Å². The van der Waals surface area contributed by atoms with Crippen molar-refractivity contribution in [3.8, 4) is 23.0 Å². The zero-order chi connectivity index (χ0) is 22.2. The van der Waals surface area contributed by atoms with E-state index in [0.717, 1.165) is 27.9 Å². The van der Waals surface area contributed by atoms with Crippen molar-refractivity contribution in [3.63, 3.8) is 0 Å². The van der Waals surface area contributed by atoms with E-state index in [1.54, 1.807) is 16.8 Å². The lowest BCUT2D eigenvalue weighted by Gasteiger charge is -2.09. The summed E-state index contributed by atoms with van der Waals surface area (Å²) in [5.74, 6) is 0.513. The maximum atomic E-state index is 13.0. The van der Waals surface area contributed by atoms with Crippen LogP contribution in [-0.2, 0) is 0 Å². The van der Waals surface area contributed by atoms with Crippen LogP contribution in [0.15, 0.2) is 65.6 Å². The molecule has 5 aromatic rings. The Hall–Kier alpha value is -4.33. The van der Waals surface area contributed by atoms with Crippen LogP contribution in [0.2, 0.25) is 0 Å². The number of fused-ring (bicyclic) bond motifs is 1. The van der Waals surface area contributed by atoms with Gasteiger partial charge < -0.3 is 9.84 Å². The summed E-state index contributed by atoms with van der Waals surface area (Å²) >= 11 is 0.